The zero-order valence-electron chi connectivity index (χ0n) is 14.2. The standard InChI is InChI=1S/C17H30O2Si/c1-8-9-12-18-15-10-11-16(14(2)13-15)19-20(6,7)17(3,4)5/h10-11,13H,8-9,12H2,1-7H3. The van der Waals surface area contributed by atoms with Crippen LogP contribution >= 0.6 is 0 Å². The van der Waals surface area contributed by atoms with Gasteiger partial charge in [-0.1, -0.05) is 34.1 Å². The van der Waals surface area contributed by atoms with Crippen LogP contribution in [0.25, 0.3) is 0 Å². The van der Waals surface area contributed by atoms with E-state index in [1.807, 2.05) is 6.07 Å². The molecule has 114 valence electrons. The van der Waals surface area contributed by atoms with Crippen molar-refractivity contribution in [1.82, 2.24) is 0 Å². The van der Waals surface area contributed by atoms with Gasteiger partial charge in [0.25, 0.3) is 0 Å². The van der Waals surface area contributed by atoms with E-state index >= 15 is 0 Å². The molecule has 0 spiro atoms. The van der Waals surface area contributed by atoms with E-state index in [9.17, 15) is 0 Å². The summed E-state index contributed by atoms with van der Waals surface area (Å²) in [6.07, 6.45) is 2.26. The zero-order valence-corrected chi connectivity index (χ0v) is 15.2. The molecule has 3 heteroatoms. The van der Waals surface area contributed by atoms with Crippen molar-refractivity contribution >= 4 is 8.32 Å². The molecule has 0 bridgehead atoms. The number of benzene rings is 1. The fourth-order valence-corrected chi connectivity index (χ4v) is 2.67. The van der Waals surface area contributed by atoms with Crippen LogP contribution in [0.2, 0.25) is 18.1 Å². The summed E-state index contributed by atoms with van der Waals surface area (Å²) < 4.78 is 12.1. The first kappa shape index (κ1) is 17.1. The van der Waals surface area contributed by atoms with E-state index in [4.69, 9.17) is 9.16 Å². The van der Waals surface area contributed by atoms with E-state index in [1.165, 1.54) is 0 Å². The van der Waals surface area contributed by atoms with Gasteiger partial charge < -0.3 is 9.16 Å². The Bertz CT molecular complexity index is 433. The summed E-state index contributed by atoms with van der Waals surface area (Å²) >= 11 is 0. The van der Waals surface area contributed by atoms with Crippen molar-refractivity contribution in [1.29, 1.82) is 0 Å². The molecule has 20 heavy (non-hydrogen) atoms. The van der Waals surface area contributed by atoms with Gasteiger partial charge in [-0.25, -0.2) is 0 Å². The highest BCUT2D eigenvalue weighted by atomic mass is 28.4. The van der Waals surface area contributed by atoms with Gasteiger partial charge in [0, 0.05) is 0 Å². The van der Waals surface area contributed by atoms with Gasteiger partial charge in [0.1, 0.15) is 11.5 Å². The first-order valence-corrected chi connectivity index (χ1v) is 10.5. The normalized spacial score (nSPS) is 12.3. The number of rotatable bonds is 6. The SMILES string of the molecule is CCCCOc1ccc(O[Si](C)(C)C(C)(C)C)c(C)c1. The smallest absolute Gasteiger partial charge is 0.250 e. The fraction of sp³-hybridized carbons (Fsp3) is 0.647. The lowest BCUT2D eigenvalue weighted by Gasteiger charge is -2.37. The average molecular weight is 295 g/mol. The molecule has 0 atom stereocenters. The van der Waals surface area contributed by atoms with Crippen molar-refractivity contribution in [2.75, 3.05) is 6.61 Å². The third-order valence-electron chi connectivity index (χ3n) is 4.08. The van der Waals surface area contributed by atoms with Crippen LogP contribution in [0.4, 0.5) is 0 Å². The van der Waals surface area contributed by atoms with Crippen LogP contribution in [0.15, 0.2) is 18.2 Å². The third-order valence-corrected chi connectivity index (χ3v) is 8.43. The molecule has 0 saturated carbocycles. The number of hydrogen-bond acceptors (Lipinski definition) is 2. The van der Waals surface area contributed by atoms with Crippen molar-refractivity contribution in [2.45, 2.75) is 65.6 Å². The summed E-state index contributed by atoms with van der Waals surface area (Å²) in [5.41, 5.74) is 1.16. The van der Waals surface area contributed by atoms with Crippen molar-refractivity contribution < 1.29 is 9.16 Å². The molecule has 0 aliphatic heterocycles. The molecule has 0 saturated heterocycles. The average Bonchev–Trinajstić information content (AvgIpc) is 2.31. The zero-order chi connectivity index (χ0) is 15.4. The van der Waals surface area contributed by atoms with Crippen LogP contribution in [-0.2, 0) is 0 Å². The summed E-state index contributed by atoms with van der Waals surface area (Å²) in [5, 5.41) is 0.218. The summed E-state index contributed by atoms with van der Waals surface area (Å²) in [6.45, 7) is 16.4. The Kier molecular flexibility index (Phi) is 5.69. The minimum atomic E-state index is -1.77. The lowest BCUT2D eigenvalue weighted by molar-refractivity contribution is 0.309. The number of hydrogen-bond donors (Lipinski definition) is 0. The van der Waals surface area contributed by atoms with Crippen LogP contribution in [-0.4, -0.2) is 14.9 Å². The molecular formula is C17H30O2Si. The molecule has 0 aliphatic rings. The molecule has 0 N–H and O–H groups in total. The summed E-state index contributed by atoms with van der Waals surface area (Å²) in [5.74, 6) is 1.94. The van der Waals surface area contributed by atoms with Gasteiger partial charge >= 0.3 is 0 Å². The van der Waals surface area contributed by atoms with Gasteiger partial charge in [-0.3, -0.25) is 0 Å². The summed E-state index contributed by atoms with van der Waals surface area (Å²) in [6, 6.07) is 6.15. The maximum absolute atomic E-state index is 6.36. The Morgan fingerprint density at radius 2 is 1.80 bits per heavy atom. The summed E-state index contributed by atoms with van der Waals surface area (Å²) in [7, 11) is -1.77. The molecule has 0 fully saturated rings. The monoisotopic (exact) mass is 294 g/mol. The van der Waals surface area contributed by atoms with Gasteiger partial charge in [-0.2, -0.15) is 0 Å². The van der Waals surface area contributed by atoms with E-state index in [0.717, 1.165) is 36.5 Å². The number of aryl methyl sites for hydroxylation is 1. The minimum absolute atomic E-state index is 0.218. The van der Waals surface area contributed by atoms with Crippen molar-refractivity contribution in [3.8, 4) is 11.5 Å². The molecule has 0 aliphatic carbocycles. The summed E-state index contributed by atoms with van der Waals surface area (Å²) in [4.78, 5) is 0. The maximum atomic E-state index is 6.36. The molecule has 0 aromatic heterocycles. The van der Waals surface area contributed by atoms with E-state index in [1.54, 1.807) is 0 Å². The molecule has 0 unspecified atom stereocenters. The number of ether oxygens (including phenoxy) is 1. The Morgan fingerprint density at radius 3 is 2.30 bits per heavy atom. The molecule has 1 aromatic rings. The second-order valence-electron chi connectivity index (χ2n) is 6.99. The highest BCUT2D eigenvalue weighted by Crippen LogP contribution is 2.38. The van der Waals surface area contributed by atoms with Gasteiger partial charge in [0.05, 0.1) is 6.61 Å². The minimum Gasteiger partial charge on any atom is -0.543 e. The molecular weight excluding hydrogens is 264 g/mol. The quantitative estimate of drug-likeness (QED) is 0.505. The Balaban J connectivity index is 2.78. The molecule has 0 amide bonds. The second kappa shape index (κ2) is 6.66. The van der Waals surface area contributed by atoms with Crippen molar-refractivity contribution in [2.24, 2.45) is 0 Å². The Labute approximate surface area is 125 Å². The van der Waals surface area contributed by atoms with Crippen LogP contribution in [0.5, 0.6) is 11.5 Å². The largest absolute Gasteiger partial charge is 0.543 e. The van der Waals surface area contributed by atoms with Crippen LogP contribution in [0, 0.1) is 6.92 Å². The highest BCUT2D eigenvalue weighted by molar-refractivity contribution is 6.74. The van der Waals surface area contributed by atoms with Gasteiger partial charge in [-0.05, 0) is 55.2 Å². The van der Waals surface area contributed by atoms with Crippen molar-refractivity contribution in [3.05, 3.63) is 23.8 Å². The van der Waals surface area contributed by atoms with Gasteiger partial charge in [0.15, 0.2) is 0 Å². The Hall–Kier alpha value is -0.963. The number of unbranched alkanes of at least 4 members (excludes halogenated alkanes) is 1. The molecule has 0 heterocycles. The van der Waals surface area contributed by atoms with Gasteiger partial charge in [0.2, 0.25) is 8.32 Å². The highest BCUT2D eigenvalue weighted by Gasteiger charge is 2.39. The molecule has 1 rings (SSSR count). The lowest BCUT2D eigenvalue weighted by atomic mass is 10.2. The second-order valence-corrected chi connectivity index (χ2v) is 11.7. The fourth-order valence-electron chi connectivity index (χ4n) is 1.59. The molecule has 1 aromatic carbocycles. The van der Waals surface area contributed by atoms with E-state index < -0.39 is 8.32 Å². The lowest BCUT2D eigenvalue weighted by Crippen LogP contribution is -2.44. The Morgan fingerprint density at radius 1 is 1.15 bits per heavy atom. The van der Waals surface area contributed by atoms with Crippen LogP contribution < -0.4 is 9.16 Å². The van der Waals surface area contributed by atoms with Gasteiger partial charge in [-0.15, -0.1) is 0 Å². The topological polar surface area (TPSA) is 18.5 Å². The first-order chi connectivity index (χ1) is 9.17. The first-order valence-electron chi connectivity index (χ1n) is 7.60. The van der Waals surface area contributed by atoms with Crippen LogP contribution in [0.3, 0.4) is 0 Å². The maximum Gasteiger partial charge on any atom is 0.250 e. The molecule has 2 nitrogen and oxygen atoms in total. The van der Waals surface area contributed by atoms with Crippen molar-refractivity contribution in [3.63, 3.8) is 0 Å². The molecule has 0 radical (unpaired) electrons. The van der Waals surface area contributed by atoms with E-state index in [0.29, 0.717) is 0 Å². The van der Waals surface area contributed by atoms with Crippen LogP contribution in [0.1, 0.15) is 46.1 Å². The van der Waals surface area contributed by atoms with E-state index in [2.05, 4.69) is 59.8 Å². The third kappa shape index (κ3) is 4.55. The van der Waals surface area contributed by atoms with E-state index in [-0.39, 0.29) is 5.04 Å². The predicted octanol–water partition coefficient (Wildman–Crippen LogP) is 5.56. The predicted molar refractivity (Wildman–Crippen MR) is 89.4 cm³/mol.